The summed E-state index contributed by atoms with van der Waals surface area (Å²) in [6.45, 7) is 7.39. The molecule has 0 N–H and O–H groups in total. The second-order valence-corrected chi connectivity index (χ2v) is 5.68. The van der Waals surface area contributed by atoms with E-state index in [2.05, 4.69) is 0 Å². The molecule has 1 heterocycles. The molecule has 1 aliphatic rings. The summed E-state index contributed by atoms with van der Waals surface area (Å²) in [5.41, 5.74) is 0. The Kier molecular flexibility index (Phi) is 5.57. The predicted octanol–water partition coefficient (Wildman–Crippen LogP) is 0.902. The van der Waals surface area contributed by atoms with Gasteiger partial charge in [-0.2, -0.15) is 5.06 Å². The SMILES string of the molecule is CC(C)[O][Al]([O]C(C)C)[O]N1C(=O)CCC1=O. The van der Waals surface area contributed by atoms with Gasteiger partial charge in [0.15, 0.2) is 0 Å². The van der Waals surface area contributed by atoms with Gasteiger partial charge in [0.25, 0.3) is 11.8 Å². The Hall–Kier alpha value is -0.448. The highest BCUT2D eigenvalue weighted by molar-refractivity contribution is 6.37. The molecule has 2 amide bonds. The summed E-state index contributed by atoms with van der Waals surface area (Å²) in [5, 5.41) is 0.793. The number of rotatable bonds is 6. The number of amides is 2. The van der Waals surface area contributed by atoms with Crippen LogP contribution in [0.15, 0.2) is 0 Å². The second kappa shape index (κ2) is 6.48. The molecule has 0 atom stereocenters. The summed E-state index contributed by atoms with van der Waals surface area (Å²) in [6, 6.07) is 0. The molecule has 0 aromatic heterocycles. The molecule has 0 unspecified atom stereocenters. The lowest BCUT2D eigenvalue weighted by Crippen LogP contribution is -2.42. The third kappa shape index (κ3) is 4.74. The first-order valence-electron chi connectivity index (χ1n) is 5.73. The van der Waals surface area contributed by atoms with E-state index in [9.17, 15) is 9.59 Å². The molecule has 0 saturated carbocycles. The van der Waals surface area contributed by atoms with Crippen molar-refractivity contribution in [1.82, 2.24) is 5.06 Å². The van der Waals surface area contributed by atoms with Gasteiger partial charge in [0.2, 0.25) is 0 Å². The van der Waals surface area contributed by atoms with Crippen LogP contribution in [0.4, 0.5) is 0 Å². The maximum Gasteiger partial charge on any atom is 0.929 e. The van der Waals surface area contributed by atoms with Crippen molar-refractivity contribution in [2.24, 2.45) is 0 Å². The van der Waals surface area contributed by atoms with Gasteiger partial charge in [-0.1, -0.05) is 0 Å². The van der Waals surface area contributed by atoms with Crippen LogP contribution < -0.4 is 0 Å². The first kappa shape index (κ1) is 14.6. The van der Waals surface area contributed by atoms with Crippen molar-refractivity contribution >= 4 is 27.0 Å². The van der Waals surface area contributed by atoms with E-state index < -0.39 is 15.1 Å². The Morgan fingerprint density at radius 3 is 1.76 bits per heavy atom. The van der Waals surface area contributed by atoms with Gasteiger partial charge in [-0.3, -0.25) is 9.59 Å². The van der Waals surface area contributed by atoms with Crippen molar-refractivity contribution in [3.05, 3.63) is 0 Å². The Balaban J connectivity index is 2.58. The molecule has 0 aromatic rings. The topological polar surface area (TPSA) is 65.1 Å². The van der Waals surface area contributed by atoms with Crippen LogP contribution in [-0.2, 0) is 21.1 Å². The fourth-order valence-electron chi connectivity index (χ4n) is 1.29. The minimum Gasteiger partial charge on any atom is -0.451 e. The van der Waals surface area contributed by atoms with E-state index in [1.54, 1.807) is 0 Å². The van der Waals surface area contributed by atoms with E-state index in [1.807, 2.05) is 27.7 Å². The third-order valence-electron chi connectivity index (χ3n) is 1.96. The molecule has 0 spiro atoms. The zero-order chi connectivity index (χ0) is 13.0. The van der Waals surface area contributed by atoms with E-state index in [1.165, 1.54) is 0 Å². The summed E-state index contributed by atoms with van der Waals surface area (Å²) in [4.78, 5) is 22.8. The lowest BCUT2D eigenvalue weighted by Gasteiger charge is -2.21. The number of nitrogens with zero attached hydrogens (tertiary/aromatic N) is 1. The summed E-state index contributed by atoms with van der Waals surface area (Å²) in [5.74, 6) is -0.653. The van der Waals surface area contributed by atoms with E-state index in [0.717, 1.165) is 5.06 Å². The Morgan fingerprint density at radius 2 is 1.41 bits per heavy atom. The average molecular weight is 259 g/mol. The second-order valence-electron chi connectivity index (χ2n) is 4.35. The quantitative estimate of drug-likeness (QED) is 0.524. The van der Waals surface area contributed by atoms with Crippen LogP contribution in [0.25, 0.3) is 0 Å². The van der Waals surface area contributed by atoms with Gasteiger partial charge in [0, 0.05) is 25.0 Å². The van der Waals surface area contributed by atoms with Crippen LogP contribution in [-0.4, -0.2) is 44.2 Å². The van der Waals surface area contributed by atoms with Crippen LogP contribution in [0.3, 0.4) is 0 Å². The summed E-state index contributed by atoms with van der Waals surface area (Å²) in [6.07, 6.45) is 0.253. The van der Waals surface area contributed by atoms with Crippen molar-refractivity contribution in [3.8, 4) is 0 Å². The predicted molar refractivity (Wildman–Crippen MR) is 60.4 cm³/mol. The molecule has 1 fully saturated rings. The van der Waals surface area contributed by atoms with Crippen molar-refractivity contribution in [3.63, 3.8) is 0 Å². The number of hydrogen-bond donors (Lipinski definition) is 0. The van der Waals surface area contributed by atoms with Gasteiger partial charge < -0.3 is 11.5 Å². The maximum absolute atomic E-state index is 11.4. The monoisotopic (exact) mass is 259 g/mol. The molecular weight excluding hydrogens is 241 g/mol. The van der Waals surface area contributed by atoms with Crippen molar-refractivity contribution in [2.45, 2.75) is 52.7 Å². The van der Waals surface area contributed by atoms with Crippen molar-refractivity contribution in [2.75, 3.05) is 0 Å². The fourth-order valence-corrected chi connectivity index (χ4v) is 2.75. The molecule has 0 aliphatic carbocycles. The smallest absolute Gasteiger partial charge is 0.451 e. The minimum absolute atomic E-state index is 0.0711. The van der Waals surface area contributed by atoms with E-state index in [-0.39, 0.29) is 36.9 Å². The molecule has 0 radical (unpaired) electrons. The average Bonchev–Trinajstić information content (AvgIpc) is 2.47. The normalized spacial score (nSPS) is 16.5. The number of hydroxylamine groups is 2. The zero-order valence-electron chi connectivity index (χ0n) is 10.6. The van der Waals surface area contributed by atoms with Gasteiger partial charge >= 0.3 is 15.1 Å². The van der Waals surface area contributed by atoms with E-state index in [4.69, 9.17) is 11.5 Å². The van der Waals surface area contributed by atoms with Gasteiger partial charge in [-0.25, -0.2) is 0 Å². The molecule has 96 valence electrons. The molecule has 1 saturated heterocycles. The Morgan fingerprint density at radius 1 is 1.00 bits per heavy atom. The Labute approximate surface area is 106 Å². The lowest BCUT2D eigenvalue weighted by molar-refractivity contribution is -0.174. The standard InChI is InChI=1S/C4H4NO3.2C3H7O.Al/c6-3-1-2-4(7)5(3)8;2*1-3(2)4;/h1-2H2;2*3H,1-2H3;/q3*-1;+3. The van der Waals surface area contributed by atoms with E-state index >= 15 is 0 Å². The van der Waals surface area contributed by atoms with Crippen molar-refractivity contribution in [1.29, 1.82) is 0 Å². The van der Waals surface area contributed by atoms with Gasteiger partial charge in [0.05, 0.1) is 0 Å². The van der Waals surface area contributed by atoms with Crippen LogP contribution in [0.2, 0.25) is 0 Å². The van der Waals surface area contributed by atoms with Crippen LogP contribution in [0.5, 0.6) is 0 Å². The molecule has 0 aromatic carbocycles. The van der Waals surface area contributed by atoms with E-state index in [0.29, 0.717) is 0 Å². The zero-order valence-corrected chi connectivity index (χ0v) is 11.8. The van der Waals surface area contributed by atoms with Crippen molar-refractivity contribution < 1.29 is 21.1 Å². The molecular formula is C10H18AlNO5. The molecule has 0 bridgehead atoms. The first-order valence-corrected chi connectivity index (χ1v) is 7.15. The highest BCUT2D eigenvalue weighted by Crippen LogP contribution is 2.14. The van der Waals surface area contributed by atoms with Crippen LogP contribution in [0.1, 0.15) is 40.5 Å². The molecule has 6 nitrogen and oxygen atoms in total. The molecule has 17 heavy (non-hydrogen) atoms. The first-order chi connectivity index (χ1) is 7.90. The maximum atomic E-state index is 11.4. The molecule has 7 heteroatoms. The molecule has 1 aliphatic heterocycles. The fraction of sp³-hybridized carbons (Fsp3) is 0.800. The molecule has 1 rings (SSSR count). The Bertz CT molecular complexity index is 268. The third-order valence-corrected chi connectivity index (χ3v) is 3.88. The highest BCUT2D eigenvalue weighted by atomic mass is 27.3. The highest BCUT2D eigenvalue weighted by Gasteiger charge is 2.42. The number of hydrogen-bond acceptors (Lipinski definition) is 5. The minimum atomic E-state index is -2.50. The number of imide groups is 1. The summed E-state index contributed by atoms with van der Waals surface area (Å²) >= 11 is -2.50. The summed E-state index contributed by atoms with van der Waals surface area (Å²) < 4.78 is 16.2. The van der Waals surface area contributed by atoms with Gasteiger partial charge in [-0.15, -0.1) is 0 Å². The summed E-state index contributed by atoms with van der Waals surface area (Å²) in [7, 11) is 0. The van der Waals surface area contributed by atoms with Gasteiger partial charge in [0.1, 0.15) is 0 Å². The van der Waals surface area contributed by atoms with Crippen LogP contribution in [0, 0.1) is 0 Å². The number of carbonyl (C=O) groups excluding carboxylic acids is 2. The largest absolute Gasteiger partial charge is 0.929 e. The van der Waals surface area contributed by atoms with Gasteiger partial charge in [-0.05, 0) is 27.7 Å². The van der Waals surface area contributed by atoms with Crippen LogP contribution >= 0.6 is 0 Å². The lowest BCUT2D eigenvalue weighted by atomic mass is 10.4. The number of carbonyl (C=O) groups is 2.